The second-order valence-electron chi connectivity index (χ2n) is 7.56. The molecular formula is C23H31N5O. The smallest absolute Gasteiger partial charge is 0.251 e. The number of nitrogens with zero attached hydrogens (tertiary/aromatic N) is 4. The predicted molar refractivity (Wildman–Crippen MR) is 119 cm³/mol. The summed E-state index contributed by atoms with van der Waals surface area (Å²) in [5.41, 5.74) is 1.90. The minimum absolute atomic E-state index is 0.0415. The average Bonchev–Trinajstić information content (AvgIpc) is 2.75. The molecule has 0 unspecified atom stereocenters. The van der Waals surface area contributed by atoms with Crippen LogP contribution >= 0.6 is 0 Å². The third kappa shape index (κ3) is 6.69. The maximum Gasteiger partial charge on any atom is 0.251 e. The minimum atomic E-state index is -0.0415. The number of hydrogen-bond acceptors (Lipinski definition) is 5. The van der Waals surface area contributed by atoms with Crippen LogP contribution in [0.25, 0.3) is 6.08 Å². The molecular weight excluding hydrogens is 362 g/mol. The summed E-state index contributed by atoms with van der Waals surface area (Å²) in [6.45, 7) is 6.21. The largest absolute Gasteiger partial charge is 0.354 e. The molecule has 1 aliphatic rings. The fourth-order valence-corrected chi connectivity index (χ4v) is 3.29. The molecule has 1 N–H and O–H groups in total. The molecule has 3 rings (SSSR count). The summed E-state index contributed by atoms with van der Waals surface area (Å²) in [6.07, 6.45) is 6.12. The number of likely N-dealkylation sites (N-methyl/N-ethyl adjacent to an activating group) is 1. The van der Waals surface area contributed by atoms with Gasteiger partial charge in [-0.1, -0.05) is 42.5 Å². The molecule has 0 atom stereocenters. The van der Waals surface area contributed by atoms with Gasteiger partial charge in [-0.05, 0) is 31.8 Å². The molecule has 6 nitrogen and oxygen atoms in total. The molecule has 1 aromatic carbocycles. The van der Waals surface area contributed by atoms with Crippen LogP contribution in [0, 0.1) is 0 Å². The van der Waals surface area contributed by atoms with Crippen molar-refractivity contribution in [2.75, 3.05) is 64.8 Å². The molecule has 29 heavy (non-hydrogen) atoms. The zero-order chi connectivity index (χ0) is 20.5. The molecule has 1 amide bonds. The van der Waals surface area contributed by atoms with Gasteiger partial charge in [0.15, 0.2) is 0 Å². The molecule has 1 fully saturated rings. The van der Waals surface area contributed by atoms with Gasteiger partial charge in [-0.15, -0.1) is 0 Å². The van der Waals surface area contributed by atoms with E-state index in [1.165, 1.54) is 5.56 Å². The lowest BCUT2D eigenvalue weighted by Gasteiger charge is -2.35. The van der Waals surface area contributed by atoms with Crippen molar-refractivity contribution in [3.8, 4) is 0 Å². The van der Waals surface area contributed by atoms with Crippen LogP contribution in [0.1, 0.15) is 15.9 Å². The first-order valence-corrected chi connectivity index (χ1v) is 10.2. The third-order valence-corrected chi connectivity index (χ3v) is 5.02. The van der Waals surface area contributed by atoms with Gasteiger partial charge in [0.05, 0.1) is 0 Å². The molecule has 1 aromatic heterocycles. The molecule has 154 valence electrons. The first-order chi connectivity index (χ1) is 14.1. The number of aromatic nitrogens is 1. The predicted octanol–water partition coefficient (Wildman–Crippen LogP) is 2.21. The highest BCUT2D eigenvalue weighted by Crippen LogP contribution is 2.15. The van der Waals surface area contributed by atoms with E-state index in [0.29, 0.717) is 12.1 Å². The van der Waals surface area contributed by atoms with Gasteiger partial charge in [0.25, 0.3) is 5.91 Å². The third-order valence-electron chi connectivity index (χ3n) is 5.02. The maximum absolute atomic E-state index is 12.4. The van der Waals surface area contributed by atoms with Crippen LogP contribution in [0.15, 0.2) is 54.7 Å². The lowest BCUT2D eigenvalue weighted by molar-refractivity contribution is 0.0951. The molecule has 0 radical (unpaired) electrons. The van der Waals surface area contributed by atoms with Crippen LogP contribution in [-0.2, 0) is 0 Å². The monoisotopic (exact) mass is 393 g/mol. The fraction of sp³-hybridized carbons (Fsp3) is 0.391. The van der Waals surface area contributed by atoms with Gasteiger partial charge in [0.2, 0.25) is 0 Å². The number of anilines is 1. The van der Waals surface area contributed by atoms with E-state index in [2.05, 4.69) is 56.5 Å². The summed E-state index contributed by atoms with van der Waals surface area (Å²) in [5.74, 6) is 0.838. The molecule has 6 heteroatoms. The van der Waals surface area contributed by atoms with E-state index in [0.717, 1.165) is 45.1 Å². The number of amides is 1. The fourth-order valence-electron chi connectivity index (χ4n) is 3.29. The normalized spacial score (nSPS) is 15.2. The summed E-state index contributed by atoms with van der Waals surface area (Å²) >= 11 is 0. The summed E-state index contributed by atoms with van der Waals surface area (Å²) < 4.78 is 0. The van der Waals surface area contributed by atoms with Gasteiger partial charge < -0.3 is 15.1 Å². The summed E-state index contributed by atoms with van der Waals surface area (Å²) in [4.78, 5) is 23.6. The molecule has 0 aliphatic carbocycles. The van der Waals surface area contributed by atoms with Crippen LogP contribution < -0.4 is 10.2 Å². The van der Waals surface area contributed by atoms with Gasteiger partial charge in [-0.25, -0.2) is 4.98 Å². The van der Waals surface area contributed by atoms with E-state index in [1.54, 1.807) is 12.3 Å². The quantitative estimate of drug-likeness (QED) is 0.745. The van der Waals surface area contributed by atoms with Crippen LogP contribution in [-0.4, -0.2) is 80.6 Å². The van der Waals surface area contributed by atoms with Crippen molar-refractivity contribution in [2.24, 2.45) is 0 Å². The number of carbonyl (C=O) groups excluding carboxylic acids is 1. The maximum atomic E-state index is 12.4. The average molecular weight is 394 g/mol. The molecule has 0 spiro atoms. The Labute approximate surface area is 173 Å². The SMILES string of the molecule is CN(C)CCNC(=O)c1ccnc(N2CCN(C/C=C/c3ccccc3)CC2)c1. The number of benzene rings is 1. The number of hydrogen-bond donors (Lipinski definition) is 1. The van der Waals surface area contributed by atoms with E-state index >= 15 is 0 Å². The minimum Gasteiger partial charge on any atom is -0.354 e. The van der Waals surface area contributed by atoms with Crippen molar-refractivity contribution in [2.45, 2.75) is 0 Å². The van der Waals surface area contributed by atoms with Crippen molar-refractivity contribution in [3.05, 3.63) is 65.9 Å². The Balaban J connectivity index is 1.48. The standard InChI is InChI=1S/C23H31N5O/c1-26(2)14-12-25-23(29)21-10-11-24-22(19-21)28-17-15-27(16-18-28)13-6-9-20-7-4-3-5-8-20/h3-11,19H,12-18H2,1-2H3,(H,25,29)/b9-6+. The topological polar surface area (TPSA) is 51.7 Å². The van der Waals surface area contributed by atoms with E-state index in [1.807, 2.05) is 31.1 Å². The van der Waals surface area contributed by atoms with E-state index in [9.17, 15) is 4.79 Å². The van der Waals surface area contributed by atoms with Crippen LogP contribution in [0.3, 0.4) is 0 Å². The Morgan fingerprint density at radius 1 is 1.14 bits per heavy atom. The lowest BCUT2D eigenvalue weighted by atomic mass is 10.2. The summed E-state index contributed by atoms with van der Waals surface area (Å²) in [6, 6.07) is 14.1. The molecule has 1 aliphatic heterocycles. The van der Waals surface area contributed by atoms with Crippen LogP contribution in [0.2, 0.25) is 0 Å². The molecule has 2 heterocycles. The van der Waals surface area contributed by atoms with Gasteiger partial charge in [0, 0.05) is 57.6 Å². The Morgan fingerprint density at radius 3 is 2.62 bits per heavy atom. The number of rotatable bonds is 8. The molecule has 0 saturated carbocycles. The number of nitrogens with one attached hydrogen (secondary N) is 1. The summed E-state index contributed by atoms with van der Waals surface area (Å²) in [7, 11) is 3.99. The van der Waals surface area contributed by atoms with Crippen molar-refractivity contribution < 1.29 is 4.79 Å². The highest BCUT2D eigenvalue weighted by atomic mass is 16.1. The number of carbonyl (C=O) groups is 1. The van der Waals surface area contributed by atoms with Gasteiger partial charge in [0.1, 0.15) is 5.82 Å². The zero-order valence-corrected chi connectivity index (χ0v) is 17.4. The van der Waals surface area contributed by atoms with Crippen molar-refractivity contribution in [1.82, 2.24) is 20.1 Å². The number of piperazine rings is 1. The van der Waals surface area contributed by atoms with Crippen molar-refractivity contribution in [3.63, 3.8) is 0 Å². The first kappa shape index (κ1) is 21.0. The van der Waals surface area contributed by atoms with Crippen molar-refractivity contribution in [1.29, 1.82) is 0 Å². The van der Waals surface area contributed by atoms with E-state index < -0.39 is 0 Å². The Bertz CT molecular complexity index is 798. The Kier molecular flexibility index (Phi) is 7.78. The van der Waals surface area contributed by atoms with E-state index in [-0.39, 0.29) is 5.91 Å². The number of pyridine rings is 1. The van der Waals surface area contributed by atoms with Gasteiger partial charge in [-0.2, -0.15) is 0 Å². The van der Waals surface area contributed by atoms with Crippen molar-refractivity contribution >= 4 is 17.8 Å². The first-order valence-electron chi connectivity index (χ1n) is 10.2. The van der Waals surface area contributed by atoms with Crippen LogP contribution in [0.4, 0.5) is 5.82 Å². The van der Waals surface area contributed by atoms with Crippen LogP contribution in [0.5, 0.6) is 0 Å². The highest BCUT2D eigenvalue weighted by Gasteiger charge is 2.18. The Hall–Kier alpha value is -2.70. The summed E-state index contributed by atoms with van der Waals surface area (Å²) in [5, 5.41) is 2.96. The molecule has 2 aromatic rings. The Morgan fingerprint density at radius 2 is 1.90 bits per heavy atom. The molecule has 0 bridgehead atoms. The second kappa shape index (κ2) is 10.7. The van der Waals surface area contributed by atoms with Gasteiger partial charge >= 0.3 is 0 Å². The second-order valence-corrected chi connectivity index (χ2v) is 7.56. The highest BCUT2D eigenvalue weighted by molar-refractivity contribution is 5.94. The van der Waals surface area contributed by atoms with Gasteiger partial charge in [-0.3, -0.25) is 9.69 Å². The zero-order valence-electron chi connectivity index (χ0n) is 17.4. The molecule has 1 saturated heterocycles. The lowest BCUT2D eigenvalue weighted by Crippen LogP contribution is -2.46. The van der Waals surface area contributed by atoms with E-state index in [4.69, 9.17) is 0 Å².